The van der Waals surface area contributed by atoms with E-state index in [0.717, 1.165) is 12.8 Å². The van der Waals surface area contributed by atoms with Crippen molar-refractivity contribution in [1.82, 2.24) is 10.2 Å². The van der Waals surface area contributed by atoms with Crippen molar-refractivity contribution in [2.24, 2.45) is 5.92 Å². The lowest BCUT2D eigenvalue weighted by atomic mass is 9.99. The average molecular weight is 268 g/mol. The van der Waals surface area contributed by atoms with Gasteiger partial charge < -0.3 is 10.2 Å². The van der Waals surface area contributed by atoms with Crippen LogP contribution in [0.5, 0.6) is 0 Å². The van der Waals surface area contributed by atoms with Crippen molar-refractivity contribution in [3.63, 3.8) is 0 Å². The molecule has 1 N–H and O–H groups in total. The van der Waals surface area contributed by atoms with Crippen LogP contribution in [-0.4, -0.2) is 34.8 Å². The van der Waals surface area contributed by atoms with Gasteiger partial charge in [0.15, 0.2) is 0 Å². The molecule has 4 heteroatoms. The molecule has 110 valence electrons. The fraction of sp³-hybridized carbons (Fsp3) is 0.867. The molecule has 2 amide bonds. The molecule has 0 spiro atoms. The first-order valence-electron chi connectivity index (χ1n) is 7.51. The van der Waals surface area contributed by atoms with Crippen LogP contribution >= 0.6 is 0 Å². The summed E-state index contributed by atoms with van der Waals surface area (Å²) in [6.07, 6.45) is 3.91. The van der Waals surface area contributed by atoms with Gasteiger partial charge in [0.2, 0.25) is 11.8 Å². The van der Waals surface area contributed by atoms with Crippen molar-refractivity contribution in [1.29, 1.82) is 0 Å². The average Bonchev–Trinajstić information content (AvgIpc) is 2.33. The van der Waals surface area contributed by atoms with E-state index in [4.69, 9.17) is 0 Å². The Morgan fingerprint density at radius 2 is 1.84 bits per heavy atom. The van der Waals surface area contributed by atoms with Gasteiger partial charge in [0.05, 0.1) is 0 Å². The van der Waals surface area contributed by atoms with Crippen LogP contribution in [0.2, 0.25) is 0 Å². The highest BCUT2D eigenvalue weighted by Gasteiger charge is 2.39. The highest BCUT2D eigenvalue weighted by Crippen LogP contribution is 2.19. The van der Waals surface area contributed by atoms with Crippen molar-refractivity contribution in [2.45, 2.75) is 78.4 Å². The van der Waals surface area contributed by atoms with Gasteiger partial charge in [-0.05, 0) is 32.6 Å². The molecular weight excluding hydrogens is 240 g/mol. The zero-order valence-electron chi connectivity index (χ0n) is 12.9. The molecule has 0 bridgehead atoms. The second-order valence-electron chi connectivity index (χ2n) is 6.06. The molecule has 1 saturated heterocycles. The van der Waals surface area contributed by atoms with Crippen molar-refractivity contribution in [3.8, 4) is 0 Å². The monoisotopic (exact) mass is 268 g/mol. The molecule has 0 aliphatic carbocycles. The highest BCUT2D eigenvalue weighted by molar-refractivity contribution is 5.96. The molecule has 1 aliphatic heterocycles. The van der Waals surface area contributed by atoms with Gasteiger partial charge >= 0.3 is 0 Å². The molecule has 4 nitrogen and oxygen atoms in total. The number of carbonyl (C=O) groups is 2. The lowest BCUT2D eigenvalue weighted by Crippen LogP contribution is -2.64. The number of amides is 2. The fourth-order valence-electron chi connectivity index (χ4n) is 2.69. The van der Waals surface area contributed by atoms with Crippen LogP contribution in [0.3, 0.4) is 0 Å². The lowest BCUT2D eigenvalue weighted by molar-refractivity contribution is -0.151. The molecule has 1 heterocycles. The van der Waals surface area contributed by atoms with E-state index in [2.05, 4.69) is 26.1 Å². The maximum Gasteiger partial charge on any atom is 0.246 e. The number of nitrogens with one attached hydrogen (secondary N) is 1. The molecule has 19 heavy (non-hydrogen) atoms. The first kappa shape index (κ1) is 16.0. The minimum Gasteiger partial charge on any atom is -0.343 e. The maximum absolute atomic E-state index is 12.4. The van der Waals surface area contributed by atoms with Gasteiger partial charge in [0, 0.05) is 6.04 Å². The summed E-state index contributed by atoms with van der Waals surface area (Å²) in [4.78, 5) is 26.0. The molecule has 0 aromatic carbocycles. The summed E-state index contributed by atoms with van der Waals surface area (Å²) in [5.41, 5.74) is 0. The zero-order chi connectivity index (χ0) is 14.6. The number of nitrogens with zero attached hydrogens (tertiary/aromatic N) is 1. The van der Waals surface area contributed by atoms with Crippen molar-refractivity contribution < 1.29 is 9.59 Å². The number of rotatable bonds is 6. The van der Waals surface area contributed by atoms with Gasteiger partial charge in [-0.25, -0.2) is 0 Å². The summed E-state index contributed by atoms with van der Waals surface area (Å²) in [6, 6.07) is -0.540. The molecule has 0 aromatic heterocycles. The molecule has 0 aromatic rings. The first-order valence-corrected chi connectivity index (χ1v) is 7.51. The molecule has 3 unspecified atom stereocenters. The normalized spacial score (nSPS) is 25.7. The van der Waals surface area contributed by atoms with Crippen LogP contribution in [-0.2, 0) is 9.59 Å². The molecular formula is C15H28N2O2. The molecule has 1 aliphatic rings. The molecule has 0 radical (unpaired) electrons. The van der Waals surface area contributed by atoms with Crippen LogP contribution in [0.15, 0.2) is 0 Å². The lowest BCUT2D eigenvalue weighted by Gasteiger charge is -2.41. The second kappa shape index (κ2) is 6.92. The van der Waals surface area contributed by atoms with Crippen LogP contribution in [0, 0.1) is 5.92 Å². The largest absolute Gasteiger partial charge is 0.343 e. The van der Waals surface area contributed by atoms with E-state index in [0.29, 0.717) is 12.3 Å². The van der Waals surface area contributed by atoms with E-state index >= 15 is 0 Å². The summed E-state index contributed by atoms with van der Waals surface area (Å²) in [5, 5.41) is 2.79. The van der Waals surface area contributed by atoms with Crippen LogP contribution in [0.4, 0.5) is 0 Å². The third kappa shape index (κ3) is 3.95. The standard InChI is InChI=1S/C15H28N2O2/c1-6-13-15(19)17(12(5)14(18)16-13)11(4)9-7-8-10(2)3/h10-13H,6-9H2,1-5H3,(H,16,18). The zero-order valence-corrected chi connectivity index (χ0v) is 12.9. The van der Waals surface area contributed by atoms with Crippen LogP contribution < -0.4 is 5.32 Å². The third-order valence-electron chi connectivity index (χ3n) is 3.95. The minimum atomic E-state index is -0.343. The Kier molecular flexibility index (Phi) is 5.83. The van der Waals surface area contributed by atoms with E-state index < -0.39 is 0 Å². The Morgan fingerprint density at radius 1 is 1.21 bits per heavy atom. The molecule has 3 atom stereocenters. The van der Waals surface area contributed by atoms with E-state index in [-0.39, 0.29) is 29.9 Å². The Bertz CT molecular complexity index is 328. The van der Waals surface area contributed by atoms with Crippen molar-refractivity contribution in [2.75, 3.05) is 0 Å². The number of carbonyl (C=O) groups excluding carboxylic acids is 2. The number of hydrogen-bond acceptors (Lipinski definition) is 2. The Labute approximate surface area is 116 Å². The minimum absolute atomic E-state index is 0.0258. The van der Waals surface area contributed by atoms with E-state index in [1.54, 1.807) is 4.90 Å². The summed E-state index contributed by atoms with van der Waals surface area (Å²) in [5.74, 6) is 0.738. The second-order valence-corrected chi connectivity index (χ2v) is 6.06. The Balaban J connectivity index is 2.66. The van der Waals surface area contributed by atoms with E-state index in [1.165, 1.54) is 6.42 Å². The van der Waals surface area contributed by atoms with Crippen molar-refractivity contribution >= 4 is 11.8 Å². The quantitative estimate of drug-likeness (QED) is 0.803. The summed E-state index contributed by atoms with van der Waals surface area (Å²) in [7, 11) is 0. The summed E-state index contributed by atoms with van der Waals surface area (Å²) in [6.45, 7) is 10.2. The third-order valence-corrected chi connectivity index (χ3v) is 3.95. The smallest absolute Gasteiger partial charge is 0.246 e. The Hall–Kier alpha value is -1.06. The highest BCUT2D eigenvalue weighted by atomic mass is 16.2. The molecule has 1 fully saturated rings. The number of piperazine rings is 1. The summed E-state index contributed by atoms with van der Waals surface area (Å²) >= 11 is 0. The SMILES string of the molecule is CCC1NC(=O)C(C)N(C(C)CCCC(C)C)C1=O. The van der Waals surface area contributed by atoms with Gasteiger partial charge in [-0.1, -0.05) is 33.6 Å². The van der Waals surface area contributed by atoms with Gasteiger partial charge in [-0.3, -0.25) is 9.59 Å². The molecule has 0 saturated carbocycles. The predicted molar refractivity (Wildman–Crippen MR) is 76.7 cm³/mol. The molecule has 1 rings (SSSR count). The van der Waals surface area contributed by atoms with Crippen LogP contribution in [0.25, 0.3) is 0 Å². The number of hydrogen-bond donors (Lipinski definition) is 1. The van der Waals surface area contributed by atoms with Crippen molar-refractivity contribution in [3.05, 3.63) is 0 Å². The Morgan fingerprint density at radius 3 is 2.37 bits per heavy atom. The summed E-state index contributed by atoms with van der Waals surface area (Å²) < 4.78 is 0. The topological polar surface area (TPSA) is 49.4 Å². The van der Waals surface area contributed by atoms with Crippen LogP contribution in [0.1, 0.15) is 60.3 Å². The van der Waals surface area contributed by atoms with Gasteiger partial charge in [-0.15, -0.1) is 0 Å². The van der Waals surface area contributed by atoms with E-state index in [9.17, 15) is 9.59 Å². The maximum atomic E-state index is 12.4. The van der Waals surface area contributed by atoms with Gasteiger partial charge in [-0.2, -0.15) is 0 Å². The first-order chi connectivity index (χ1) is 8.88. The van der Waals surface area contributed by atoms with E-state index in [1.807, 2.05) is 13.8 Å². The van der Waals surface area contributed by atoms with Gasteiger partial charge in [0.25, 0.3) is 0 Å². The fourth-order valence-corrected chi connectivity index (χ4v) is 2.69. The van der Waals surface area contributed by atoms with Gasteiger partial charge in [0.1, 0.15) is 12.1 Å². The predicted octanol–water partition coefficient (Wildman–Crippen LogP) is 2.33.